The first-order valence-electron chi connectivity index (χ1n) is 7.72. The molecule has 7 heteroatoms. The van der Waals surface area contributed by atoms with Crippen molar-refractivity contribution in [3.63, 3.8) is 0 Å². The van der Waals surface area contributed by atoms with Crippen LogP contribution >= 0.6 is 0 Å². The van der Waals surface area contributed by atoms with E-state index in [9.17, 15) is 0 Å². The molecule has 3 heterocycles. The summed E-state index contributed by atoms with van der Waals surface area (Å²) in [6.07, 6.45) is 0. The highest BCUT2D eigenvalue weighted by molar-refractivity contribution is 5.62. The quantitative estimate of drug-likeness (QED) is 0.925. The number of hydrogen-bond acceptors (Lipinski definition) is 7. The van der Waals surface area contributed by atoms with Crippen LogP contribution < -0.4 is 19.7 Å². The lowest BCUT2D eigenvalue weighted by atomic mass is 10.2. The summed E-state index contributed by atoms with van der Waals surface area (Å²) in [6.45, 7) is 4.36. The van der Waals surface area contributed by atoms with Gasteiger partial charge in [-0.15, -0.1) is 10.2 Å². The Labute approximate surface area is 134 Å². The summed E-state index contributed by atoms with van der Waals surface area (Å²) in [5.74, 6) is 3.15. The van der Waals surface area contributed by atoms with Gasteiger partial charge >= 0.3 is 0 Å². The van der Waals surface area contributed by atoms with Crippen LogP contribution in [0.5, 0.6) is 11.5 Å². The van der Waals surface area contributed by atoms with Gasteiger partial charge in [0.1, 0.15) is 0 Å². The highest BCUT2D eigenvalue weighted by Crippen LogP contribution is 2.34. The van der Waals surface area contributed by atoms with Gasteiger partial charge in [0.25, 0.3) is 0 Å². The highest BCUT2D eigenvalue weighted by Gasteiger charge is 2.16. The van der Waals surface area contributed by atoms with Crippen LogP contribution in [0.25, 0.3) is 0 Å². The molecule has 0 radical (unpaired) electrons. The molecular formula is C16H19N5O2. The van der Waals surface area contributed by atoms with Crippen LogP contribution in [0, 0.1) is 0 Å². The van der Waals surface area contributed by atoms with E-state index in [1.54, 1.807) is 0 Å². The monoisotopic (exact) mass is 313 g/mol. The first-order valence-corrected chi connectivity index (χ1v) is 7.72. The molecule has 2 aliphatic heterocycles. The lowest BCUT2D eigenvalue weighted by molar-refractivity contribution is 0.174. The van der Waals surface area contributed by atoms with Crippen molar-refractivity contribution in [1.29, 1.82) is 0 Å². The van der Waals surface area contributed by atoms with Crippen molar-refractivity contribution in [1.82, 2.24) is 15.1 Å². The van der Waals surface area contributed by atoms with Crippen molar-refractivity contribution < 1.29 is 9.47 Å². The summed E-state index contributed by atoms with van der Waals surface area (Å²) in [5, 5.41) is 11.8. The van der Waals surface area contributed by atoms with Crippen LogP contribution in [0.3, 0.4) is 0 Å². The van der Waals surface area contributed by atoms with Crippen LogP contribution in [-0.4, -0.2) is 55.1 Å². The number of rotatable bonds is 3. The molecule has 1 aromatic carbocycles. The van der Waals surface area contributed by atoms with E-state index in [0.29, 0.717) is 5.82 Å². The van der Waals surface area contributed by atoms with Crippen molar-refractivity contribution in [2.75, 3.05) is 50.2 Å². The topological polar surface area (TPSA) is 62.8 Å². The maximum Gasteiger partial charge on any atom is 0.231 e. The van der Waals surface area contributed by atoms with Crippen molar-refractivity contribution in [3.8, 4) is 11.5 Å². The Morgan fingerprint density at radius 2 is 1.78 bits per heavy atom. The van der Waals surface area contributed by atoms with Gasteiger partial charge in [-0.3, -0.25) is 0 Å². The fourth-order valence-electron chi connectivity index (χ4n) is 2.72. The Balaban J connectivity index is 1.44. The molecule has 2 aromatic rings. The molecule has 4 rings (SSSR count). The maximum atomic E-state index is 5.38. The first kappa shape index (κ1) is 14.1. The summed E-state index contributed by atoms with van der Waals surface area (Å²) >= 11 is 0. The Bertz CT molecular complexity index is 683. The Hall–Kier alpha value is -2.54. The maximum absolute atomic E-state index is 5.38. The van der Waals surface area contributed by atoms with Crippen molar-refractivity contribution in [2.45, 2.75) is 0 Å². The fourth-order valence-corrected chi connectivity index (χ4v) is 2.72. The average Bonchev–Trinajstić information content (AvgIpc) is 3.04. The number of ether oxygens (including phenoxy) is 2. The van der Waals surface area contributed by atoms with Crippen molar-refractivity contribution >= 4 is 17.3 Å². The van der Waals surface area contributed by atoms with E-state index < -0.39 is 0 Å². The van der Waals surface area contributed by atoms with Gasteiger partial charge in [0, 0.05) is 37.9 Å². The number of nitrogens with one attached hydrogen (secondary N) is 1. The summed E-state index contributed by atoms with van der Waals surface area (Å²) in [5.41, 5.74) is 0.899. The summed E-state index contributed by atoms with van der Waals surface area (Å²) in [6, 6.07) is 9.68. The number of benzene rings is 1. The normalized spacial score (nSPS) is 17.3. The fraction of sp³-hybridized carbons (Fsp3) is 0.375. The smallest absolute Gasteiger partial charge is 0.231 e. The van der Waals surface area contributed by atoms with Crippen LogP contribution in [0.2, 0.25) is 0 Å². The van der Waals surface area contributed by atoms with Gasteiger partial charge in [-0.05, 0) is 31.3 Å². The van der Waals surface area contributed by atoms with E-state index in [2.05, 4.69) is 32.4 Å². The molecule has 1 N–H and O–H groups in total. The zero-order valence-electron chi connectivity index (χ0n) is 13.0. The Kier molecular flexibility index (Phi) is 3.63. The Morgan fingerprint density at radius 1 is 0.957 bits per heavy atom. The second kappa shape index (κ2) is 5.92. The van der Waals surface area contributed by atoms with Gasteiger partial charge in [0.05, 0.1) is 0 Å². The summed E-state index contributed by atoms with van der Waals surface area (Å²) < 4.78 is 10.7. The van der Waals surface area contributed by atoms with Gasteiger partial charge in [-0.2, -0.15) is 0 Å². The van der Waals surface area contributed by atoms with Gasteiger partial charge in [0.2, 0.25) is 6.79 Å². The van der Waals surface area contributed by atoms with E-state index in [0.717, 1.165) is 49.2 Å². The highest BCUT2D eigenvalue weighted by atomic mass is 16.7. The molecule has 0 bridgehead atoms. The lowest BCUT2D eigenvalue weighted by Gasteiger charge is -2.32. The van der Waals surface area contributed by atoms with E-state index in [-0.39, 0.29) is 6.79 Å². The number of nitrogens with zero attached hydrogens (tertiary/aromatic N) is 4. The number of anilines is 3. The molecule has 1 aromatic heterocycles. The van der Waals surface area contributed by atoms with Crippen LogP contribution in [0.15, 0.2) is 30.3 Å². The standard InChI is InChI=1S/C16H19N5O2/c1-20-6-8-21(9-7-20)16-5-4-15(18-19-16)17-12-2-3-13-14(10-12)23-11-22-13/h2-5,10H,6-9,11H2,1H3,(H,17,18). The number of piperazine rings is 1. The van der Waals surface area contributed by atoms with Crippen LogP contribution in [0.1, 0.15) is 0 Å². The minimum atomic E-state index is 0.276. The zero-order valence-corrected chi connectivity index (χ0v) is 13.0. The average molecular weight is 313 g/mol. The molecule has 0 amide bonds. The van der Waals surface area contributed by atoms with Crippen molar-refractivity contribution in [2.24, 2.45) is 0 Å². The third-order valence-corrected chi connectivity index (χ3v) is 4.12. The summed E-state index contributed by atoms with van der Waals surface area (Å²) in [7, 11) is 2.14. The molecule has 7 nitrogen and oxygen atoms in total. The lowest BCUT2D eigenvalue weighted by Crippen LogP contribution is -2.44. The zero-order chi connectivity index (χ0) is 15.6. The Morgan fingerprint density at radius 3 is 2.57 bits per heavy atom. The van der Waals surface area contributed by atoms with Gasteiger partial charge in [-0.1, -0.05) is 0 Å². The number of hydrogen-bond donors (Lipinski definition) is 1. The SMILES string of the molecule is CN1CCN(c2ccc(Nc3ccc4c(c3)OCO4)nn2)CC1. The van der Waals surface area contributed by atoms with Crippen molar-refractivity contribution in [3.05, 3.63) is 30.3 Å². The first-order chi connectivity index (χ1) is 11.3. The molecule has 0 spiro atoms. The molecule has 0 unspecified atom stereocenters. The molecular weight excluding hydrogens is 294 g/mol. The minimum absolute atomic E-state index is 0.276. The molecule has 1 saturated heterocycles. The summed E-state index contributed by atoms with van der Waals surface area (Å²) in [4.78, 5) is 4.58. The number of fused-ring (bicyclic) bond motifs is 1. The third kappa shape index (κ3) is 3.00. The van der Waals surface area contributed by atoms with Crippen LogP contribution in [-0.2, 0) is 0 Å². The molecule has 2 aliphatic rings. The molecule has 1 fully saturated rings. The van der Waals surface area contributed by atoms with E-state index in [1.165, 1.54) is 0 Å². The molecule has 120 valence electrons. The van der Waals surface area contributed by atoms with Gasteiger partial charge in [0.15, 0.2) is 23.1 Å². The molecule has 0 saturated carbocycles. The van der Waals surface area contributed by atoms with E-state index in [1.807, 2.05) is 30.3 Å². The minimum Gasteiger partial charge on any atom is -0.454 e. The molecule has 23 heavy (non-hydrogen) atoms. The largest absolute Gasteiger partial charge is 0.454 e. The van der Waals surface area contributed by atoms with Gasteiger partial charge < -0.3 is 24.6 Å². The second-order valence-corrected chi connectivity index (χ2v) is 5.76. The van der Waals surface area contributed by atoms with Gasteiger partial charge in [-0.25, -0.2) is 0 Å². The van der Waals surface area contributed by atoms with E-state index in [4.69, 9.17) is 9.47 Å². The third-order valence-electron chi connectivity index (χ3n) is 4.12. The van der Waals surface area contributed by atoms with E-state index >= 15 is 0 Å². The number of likely N-dealkylation sites (N-methyl/N-ethyl adjacent to an activating group) is 1. The number of aromatic nitrogens is 2. The second-order valence-electron chi connectivity index (χ2n) is 5.76. The predicted octanol–water partition coefficient (Wildman–Crippen LogP) is 1.70. The predicted molar refractivity (Wildman–Crippen MR) is 87.6 cm³/mol. The van der Waals surface area contributed by atoms with Crippen LogP contribution in [0.4, 0.5) is 17.3 Å². The molecule has 0 aliphatic carbocycles. The molecule has 0 atom stereocenters.